The van der Waals surface area contributed by atoms with E-state index < -0.39 is 5.92 Å². The first-order valence-electron chi connectivity index (χ1n) is 15.2. The minimum absolute atomic E-state index is 0.124. The number of amides is 3. The van der Waals surface area contributed by atoms with E-state index >= 15 is 0 Å². The number of hydrogen-bond acceptors (Lipinski definition) is 6. The average molecular weight is 560 g/mol. The summed E-state index contributed by atoms with van der Waals surface area (Å²) in [7, 11) is 0. The molecule has 3 fully saturated rings. The molecule has 0 spiro atoms. The van der Waals surface area contributed by atoms with Crippen LogP contribution < -0.4 is 15.5 Å². The lowest BCUT2D eigenvalue weighted by atomic mass is 9.95. The van der Waals surface area contributed by atoms with Crippen molar-refractivity contribution in [1.82, 2.24) is 25.3 Å². The van der Waals surface area contributed by atoms with Crippen molar-refractivity contribution in [3.63, 3.8) is 0 Å². The van der Waals surface area contributed by atoms with Crippen molar-refractivity contribution < 1.29 is 14.4 Å². The number of rotatable bonds is 6. The van der Waals surface area contributed by atoms with Crippen LogP contribution in [0.5, 0.6) is 0 Å². The zero-order chi connectivity index (χ0) is 28.5. The molecule has 2 saturated heterocycles. The third-order valence-electron chi connectivity index (χ3n) is 9.30. The molecule has 1 aliphatic carbocycles. The molecule has 0 radical (unpaired) electrons. The fourth-order valence-corrected chi connectivity index (χ4v) is 6.90. The van der Waals surface area contributed by atoms with Crippen LogP contribution in [0.15, 0.2) is 35.0 Å². The van der Waals surface area contributed by atoms with E-state index in [0.717, 1.165) is 74.0 Å². The van der Waals surface area contributed by atoms with Gasteiger partial charge in [0.1, 0.15) is 0 Å². The summed E-state index contributed by atoms with van der Waals surface area (Å²) in [4.78, 5) is 47.7. The van der Waals surface area contributed by atoms with Crippen molar-refractivity contribution in [2.75, 3.05) is 50.7 Å². The highest BCUT2D eigenvalue weighted by Gasteiger charge is 2.30. The van der Waals surface area contributed by atoms with Crippen LogP contribution in [0.3, 0.4) is 0 Å². The second-order valence-corrected chi connectivity index (χ2v) is 12.0. The number of piperidine rings is 1. The zero-order valence-corrected chi connectivity index (χ0v) is 24.2. The first-order valence-corrected chi connectivity index (χ1v) is 15.2. The summed E-state index contributed by atoms with van der Waals surface area (Å²) < 4.78 is 2.11. The van der Waals surface area contributed by atoms with Crippen LogP contribution in [0.1, 0.15) is 68.8 Å². The molecule has 1 saturated carbocycles. The summed E-state index contributed by atoms with van der Waals surface area (Å²) in [6.07, 6.45) is 10.1. The predicted octanol–water partition coefficient (Wildman–Crippen LogP) is 3.09. The van der Waals surface area contributed by atoms with Gasteiger partial charge in [0.25, 0.3) is 11.8 Å². The van der Waals surface area contributed by atoms with E-state index in [0.29, 0.717) is 30.4 Å². The molecule has 2 N–H and O–H groups in total. The van der Waals surface area contributed by atoms with Crippen molar-refractivity contribution in [3.8, 4) is 0 Å². The highest BCUT2D eigenvalue weighted by molar-refractivity contribution is 6.08. The van der Waals surface area contributed by atoms with E-state index in [4.69, 9.17) is 5.10 Å². The number of anilines is 1. The van der Waals surface area contributed by atoms with Gasteiger partial charge in [0.05, 0.1) is 29.2 Å². The lowest BCUT2D eigenvalue weighted by Gasteiger charge is -2.38. The van der Waals surface area contributed by atoms with Crippen molar-refractivity contribution in [2.45, 2.75) is 58.4 Å². The van der Waals surface area contributed by atoms with Crippen molar-refractivity contribution in [1.29, 1.82) is 0 Å². The molecule has 218 valence electrons. The molecule has 1 atom stereocenters. The van der Waals surface area contributed by atoms with Crippen LogP contribution in [0.2, 0.25) is 0 Å². The monoisotopic (exact) mass is 559 g/mol. The number of nitrogens with zero attached hydrogens (tertiary/aromatic N) is 5. The van der Waals surface area contributed by atoms with Gasteiger partial charge in [-0.15, -0.1) is 0 Å². The number of aromatic nitrogens is 2. The zero-order valence-electron chi connectivity index (χ0n) is 24.2. The molecule has 41 heavy (non-hydrogen) atoms. The van der Waals surface area contributed by atoms with E-state index in [1.807, 2.05) is 37.1 Å². The molecule has 4 aliphatic rings. The van der Waals surface area contributed by atoms with Crippen LogP contribution in [0, 0.1) is 11.8 Å². The Kier molecular flexibility index (Phi) is 7.92. The van der Waals surface area contributed by atoms with Gasteiger partial charge >= 0.3 is 0 Å². The van der Waals surface area contributed by atoms with Crippen LogP contribution in [0.4, 0.5) is 5.69 Å². The molecule has 1 unspecified atom stereocenters. The maximum absolute atomic E-state index is 13.7. The molecule has 3 amide bonds. The van der Waals surface area contributed by atoms with E-state index in [1.165, 1.54) is 12.8 Å². The molecule has 1 aromatic heterocycles. The number of allylic oxidation sites excluding steroid dienone is 1. The lowest BCUT2D eigenvalue weighted by molar-refractivity contribution is -0.136. The van der Waals surface area contributed by atoms with E-state index in [2.05, 4.69) is 31.3 Å². The smallest absolute Gasteiger partial charge is 0.254 e. The number of benzene rings is 1. The topological polar surface area (TPSA) is 112 Å². The van der Waals surface area contributed by atoms with Gasteiger partial charge in [0.15, 0.2) is 0 Å². The Morgan fingerprint density at radius 3 is 2.46 bits per heavy atom. The third kappa shape index (κ3) is 5.66. The summed E-state index contributed by atoms with van der Waals surface area (Å²) in [5.74, 6) is -0.475. The highest BCUT2D eigenvalue weighted by atomic mass is 16.2. The fourth-order valence-electron chi connectivity index (χ4n) is 6.90. The Bertz CT molecular complexity index is 1390. The van der Waals surface area contributed by atoms with E-state index in [1.54, 1.807) is 0 Å². The van der Waals surface area contributed by atoms with Crippen LogP contribution in [-0.4, -0.2) is 83.9 Å². The molecule has 0 bridgehead atoms. The minimum atomic E-state index is -0.451. The highest BCUT2D eigenvalue weighted by Crippen LogP contribution is 2.35. The molecule has 4 heterocycles. The normalized spacial score (nSPS) is 22.7. The molecule has 3 aliphatic heterocycles. The van der Waals surface area contributed by atoms with Crippen LogP contribution in [-0.2, 0) is 9.59 Å². The second kappa shape index (κ2) is 11.8. The maximum atomic E-state index is 13.7. The predicted molar refractivity (Wildman–Crippen MR) is 159 cm³/mol. The first kappa shape index (κ1) is 27.6. The molecule has 1 aromatic carbocycles. The van der Waals surface area contributed by atoms with Gasteiger partial charge in [-0.05, 0) is 70.8 Å². The van der Waals surface area contributed by atoms with Gasteiger partial charge in [-0.3, -0.25) is 19.1 Å². The number of carbonyl (C=O) groups is 3. The van der Waals surface area contributed by atoms with E-state index in [9.17, 15) is 14.4 Å². The standard InChI is InChI=1S/C31H41N7O3/c1-20-15-21(2)35-30(40)26(20)18-33-29(39)25-16-24(17-28-27(25)19-34-38(28)23-5-3-4-6-23)36-11-13-37(14-12-36)31(41)22-7-9-32-10-8-22/h15-17,19,22-23,26,32H,3-14,18H2,1-2H3,(H,33,39). The van der Waals surface area contributed by atoms with Crippen molar-refractivity contribution in [3.05, 3.63) is 35.5 Å². The van der Waals surface area contributed by atoms with Crippen molar-refractivity contribution >= 4 is 40.0 Å². The number of aliphatic imine (C=N–C) groups is 1. The van der Waals surface area contributed by atoms with E-state index in [-0.39, 0.29) is 30.2 Å². The molecule has 10 nitrogen and oxygen atoms in total. The molecule has 6 rings (SSSR count). The first-order chi connectivity index (χ1) is 19.9. The van der Waals surface area contributed by atoms with Gasteiger partial charge in [-0.1, -0.05) is 18.4 Å². The molecule has 10 heteroatoms. The van der Waals surface area contributed by atoms with Gasteiger partial charge in [-0.25, -0.2) is 4.99 Å². The number of nitrogens with one attached hydrogen (secondary N) is 2. The van der Waals surface area contributed by atoms with Crippen molar-refractivity contribution in [2.24, 2.45) is 16.8 Å². The van der Waals surface area contributed by atoms with Gasteiger partial charge in [0.2, 0.25) is 5.91 Å². The van der Waals surface area contributed by atoms with Crippen LogP contribution in [0.25, 0.3) is 10.9 Å². The second-order valence-electron chi connectivity index (χ2n) is 12.0. The quantitative estimate of drug-likeness (QED) is 0.563. The largest absolute Gasteiger partial charge is 0.368 e. The Morgan fingerprint density at radius 1 is 1.02 bits per heavy atom. The fraction of sp³-hybridized carbons (Fsp3) is 0.581. The summed E-state index contributed by atoms with van der Waals surface area (Å²) in [6, 6.07) is 4.46. The minimum Gasteiger partial charge on any atom is -0.368 e. The van der Waals surface area contributed by atoms with Gasteiger partial charge < -0.3 is 20.4 Å². The number of piperazine rings is 1. The SMILES string of the molecule is CC1=CC(C)=NC(=O)C1CNC(=O)c1cc(N2CCN(C(=O)C3CCNCC3)CC2)cc2c1cnn2C1CCCC1. The maximum Gasteiger partial charge on any atom is 0.254 e. The molecular formula is C31H41N7O3. The lowest BCUT2D eigenvalue weighted by Crippen LogP contribution is -2.51. The Morgan fingerprint density at radius 2 is 1.76 bits per heavy atom. The third-order valence-corrected chi connectivity index (χ3v) is 9.30. The summed E-state index contributed by atoms with van der Waals surface area (Å²) >= 11 is 0. The average Bonchev–Trinajstić information content (AvgIpc) is 3.66. The molecule has 2 aromatic rings. The van der Waals surface area contributed by atoms with Gasteiger partial charge in [-0.2, -0.15) is 5.10 Å². The number of fused-ring (bicyclic) bond motifs is 1. The number of hydrogen-bond donors (Lipinski definition) is 2. The Labute approximate surface area is 241 Å². The van der Waals surface area contributed by atoms with Crippen LogP contribution >= 0.6 is 0 Å². The Balaban J connectivity index is 1.23. The summed E-state index contributed by atoms with van der Waals surface area (Å²) in [5, 5.41) is 11.9. The summed E-state index contributed by atoms with van der Waals surface area (Å²) in [5.41, 5.74) is 4.12. The Hall–Kier alpha value is -3.53. The van der Waals surface area contributed by atoms with Gasteiger partial charge in [0, 0.05) is 55.4 Å². The number of carbonyl (C=O) groups excluding carboxylic acids is 3. The molecular weight excluding hydrogens is 518 g/mol. The summed E-state index contributed by atoms with van der Waals surface area (Å²) in [6.45, 7) is 8.55. The number of dihydropyridines is 1.